The summed E-state index contributed by atoms with van der Waals surface area (Å²) in [4.78, 5) is 13.9. The van der Waals surface area contributed by atoms with Crippen molar-refractivity contribution in [3.8, 4) is 11.5 Å². The number of ether oxygens (including phenoxy) is 3. The lowest BCUT2D eigenvalue weighted by molar-refractivity contribution is -0.00889. The molecule has 6 nitrogen and oxygen atoms in total. The number of piperidine rings is 2. The van der Waals surface area contributed by atoms with Gasteiger partial charge in [-0.25, -0.2) is 4.79 Å². The third-order valence-corrected chi connectivity index (χ3v) is 8.56. The number of hydrogen-bond acceptors (Lipinski definition) is 5. The topological polar surface area (TPSA) is 60.0 Å². The Labute approximate surface area is 236 Å². The van der Waals surface area contributed by atoms with Crippen molar-refractivity contribution in [3.63, 3.8) is 0 Å². The van der Waals surface area contributed by atoms with Crippen molar-refractivity contribution in [2.24, 2.45) is 0 Å². The van der Waals surface area contributed by atoms with Gasteiger partial charge in [0.05, 0.1) is 0 Å². The number of carbonyl (C=O) groups excluding carboxylic acids is 1. The summed E-state index contributed by atoms with van der Waals surface area (Å²) < 4.78 is 20.0. The minimum atomic E-state index is -0.446. The van der Waals surface area contributed by atoms with Crippen molar-refractivity contribution in [3.05, 3.63) is 56.5 Å². The summed E-state index contributed by atoms with van der Waals surface area (Å²) in [6.07, 6.45) is 5.73. The molecular formula is C29H36Br2N2O4. The average Bonchev–Trinajstić information content (AvgIpc) is 3.35. The van der Waals surface area contributed by atoms with E-state index >= 15 is 0 Å². The molecule has 200 valence electrons. The van der Waals surface area contributed by atoms with Gasteiger partial charge in [0, 0.05) is 47.7 Å². The van der Waals surface area contributed by atoms with E-state index in [-0.39, 0.29) is 17.3 Å². The maximum Gasteiger partial charge on any atom is 0.410 e. The maximum atomic E-state index is 12.1. The first-order valence-electron chi connectivity index (χ1n) is 13.2. The van der Waals surface area contributed by atoms with E-state index in [1.54, 1.807) is 4.90 Å². The number of amides is 1. The summed E-state index contributed by atoms with van der Waals surface area (Å²) in [7, 11) is 0. The summed E-state index contributed by atoms with van der Waals surface area (Å²) >= 11 is 6.97. The molecule has 1 amide bonds. The molecule has 0 radical (unpaired) electrons. The van der Waals surface area contributed by atoms with Gasteiger partial charge in [0.15, 0.2) is 0 Å². The van der Waals surface area contributed by atoms with Crippen LogP contribution in [0.15, 0.2) is 45.3 Å². The van der Waals surface area contributed by atoms with Crippen LogP contribution < -0.4 is 14.8 Å². The van der Waals surface area contributed by atoms with Crippen LogP contribution in [0, 0.1) is 0 Å². The number of hydrogen-bond donors (Lipinski definition) is 1. The Bertz CT molecular complexity index is 1150. The lowest BCUT2D eigenvalue weighted by Gasteiger charge is -2.39. The number of rotatable bonds is 0. The van der Waals surface area contributed by atoms with Crippen LogP contribution in [0.1, 0.15) is 57.6 Å². The molecule has 0 aromatic heterocycles. The highest BCUT2D eigenvalue weighted by molar-refractivity contribution is 9.10. The van der Waals surface area contributed by atoms with Crippen molar-refractivity contribution in [2.75, 3.05) is 26.2 Å². The van der Waals surface area contributed by atoms with Gasteiger partial charge in [0.25, 0.3) is 0 Å². The molecule has 4 heterocycles. The minimum absolute atomic E-state index is 0.0916. The highest BCUT2D eigenvalue weighted by Gasteiger charge is 2.43. The van der Waals surface area contributed by atoms with Crippen LogP contribution in [0.25, 0.3) is 0 Å². The van der Waals surface area contributed by atoms with Gasteiger partial charge in [-0.05, 0) is 82.1 Å². The standard InChI is InChI=1S/C17H22BrNO3.C12H14BrNO/c1-16(2,3)22-15(20)19-8-6-17(7-9-19)11-12-4-5-13(18)10-14(12)21-17;13-10-2-1-9-8-12(15-11(9)7-10)3-5-14-6-4-12/h4-5,10H,6-9,11H2,1-3H3;1-2,7,14H,3-6,8H2. The molecule has 2 aromatic carbocycles. The minimum Gasteiger partial charge on any atom is -0.487 e. The molecule has 2 fully saturated rings. The van der Waals surface area contributed by atoms with Gasteiger partial charge >= 0.3 is 6.09 Å². The summed E-state index contributed by atoms with van der Waals surface area (Å²) in [6.45, 7) is 9.21. The predicted molar refractivity (Wildman–Crippen MR) is 152 cm³/mol. The van der Waals surface area contributed by atoms with Gasteiger partial charge in [-0.3, -0.25) is 0 Å². The lowest BCUT2D eigenvalue weighted by Crippen LogP contribution is -2.50. The zero-order chi connectivity index (χ0) is 26.3. The molecule has 4 aliphatic rings. The van der Waals surface area contributed by atoms with E-state index in [1.807, 2.05) is 26.8 Å². The number of fused-ring (bicyclic) bond motifs is 2. The van der Waals surface area contributed by atoms with Crippen molar-refractivity contribution >= 4 is 38.0 Å². The predicted octanol–water partition coefficient (Wildman–Crippen LogP) is 6.66. The first-order chi connectivity index (χ1) is 17.5. The molecule has 2 spiro atoms. The van der Waals surface area contributed by atoms with E-state index in [0.717, 1.165) is 72.1 Å². The molecule has 8 heteroatoms. The van der Waals surface area contributed by atoms with Gasteiger partial charge in [-0.1, -0.05) is 44.0 Å². The van der Waals surface area contributed by atoms with Crippen LogP contribution in [-0.4, -0.2) is 54.0 Å². The zero-order valence-corrected chi connectivity index (χ0v) is 25.0. The van der Waals surface area contributed by atoms with Crippen LogP contribution >= 0.6 is 31.9 Å². The van der Waals surface area contributed by atoms with Gasteiger partial charge in [-0.2, -0.15) is 0 Å². The van der Waals surface area contributed by atoms with Crippen LogP contribution in [0.2, 0.25) is 0 Å². The molecular weight excluding hydrogens is 600 g/mol. The Morgan fingerprint density at radius 3 is 1.84 bits per heavy atom. The number of carbonyl (C=O) groups is 1. The normalized spacial score (nSPS) is 20.8. The highest BCUT2D eigenvalue weighted by atomic mass is 79.9. The van der Waals surface area contributed by atoms with Crippen molar-refractivity contribution in [2.45, 2.75) is 76.1 Å². The Kier molecular flexibility index (Phi) is 7.55. The van der Waals surface area contributed by atoms with E-state index < -0.39 is 5.60 Å². The van der Waals surface area contributed by atoms with Crippen molar-refractivity contribution in [1.82, 2.24) is 10.2 Å². The monoisotopic (exact) mass is 634 g/mol. The summed E-state index contributed by atoms with van der Waals surface area (Å²) in [6, 6.07) is 12.6. The fraction of sp³-hybridized carbons (Fsp3) is 0.552. The summed E-state index contributed by atoms with van der Waals surface area (Å²) in [5, 5.41) is 3.38. The van der Waals surface area contributed by atoms with Crippen LogP contribution in [0.4, 0.5) is 4.79 Å². The SMILES string of the molecule is Brc1ccc2c(c1)OC1(CCNCC1)C2.CC(C)(C)OC(=O)N1CCC2(CC1)Cc1ccc(Br)cc1O2. The van der Waals surface area contributed by atoms with E-state index in [0.29, 0.717) is 13.1 Å². The van der Waals surface area contributed by atoms with Gasteiger partial charge in [0.2, 0.25) is 0 Å². The molecule has 0 bridgehead atoms. The van der Waals surface area contributed by atoms with Gasteiger partial charge in [-0.15, -0.1) is 0 Å². The van der Waals surface area contributed by atoms with E-state index in [2.05, 4.69) is 67.5 Å². The first-order valence-corrected chi connectivity index (χ1v) is 14.8. The Morgan fingerprint density at radius 2 is 1.35 bits per heavy atom. The number of nitrogens with zero attached hydrogens (tertiary/aromatic N) is 1. The zero-order valence-electron chi connectivity index (χ0n) is 21.9. The molecule has 0 atom stereocenters. The van der Waals surface area contributed by atoms with Crippen LogP contribution in [-0.2, 0) is 17.6 Å². The number of benzene rings is 2. The molecule has 2 aromatic rings. The number of likely N-dealkylation sites (tertiary alicyclic amines) is 1. The molecule has 0 aliphatic carbocycles. The highest BCUT2D eigenvalue weighted by Crippen LogP contribution is 2.43. The maximum absolute atomic E-state index is 12.1. The van der Waals surface area contributed by atoms with Gasteiger partial charge < -0.3 is 24.4 Å². The molecule has 37 heavy (non-hydrogen) atoms. The van der Waals surface area contributed by atoms with E-state index in [1.165, 1.54) is 11.1 Å². The fourth-order valence-corrected chi connectivity index (χ4v) is 6.32. The van der Waals surface area contributed by atoms with Gasteiger partial charge in [0.1, 0.15) is 28.3 Å². The second-order valence-electron chi connectivity index (χ2n) is 11.6. The first kappa shape index (κ1) is 26.8. The summed E-state index contributed by atoms with van der Waals surface area (Å²) in [5.74, 6) is 2.05. The van der Waals surface area contributed by atoms with Crippen molar-refractivity contribution < 1.29 is 19.0 Å². The fourth-order valence-electron chi connectivity index (χ4n) is 5.64. The smallest absolute Gasteiger partial charge is 0.410 e. The average molecular weight is 636 g/mol. The Hall–Kier alpha value is -1.77. The van der Waals surface area contributed by atoms with E-state index in [4.69, 9.17) is 14.2 Å². The quantitative estimate of drug-likeness (QED) is 0.351. The second kappa shape index (κ2) is 10.4. The van der Waals surface area contributed by atoms with Crippen LogP contribution in [0.3, 0.4) is 0 Å². The molecule has 1 N–H and O–H groups in total. The third kappa shape index (κ3) is 6.28. The summed E-state index contributed by atoms with van der Waals surface area (Å²) in [5.41, 5.74) is 2.11. The lowest BCUT2D eigenvalue weighted by atomic mass is 9.87. The molecule has 0 saturated carbocycles. The Morgan fingerprint density at radius 1 is 0.865 bits per heavy atom. The number of halogens is 2. The molecule has 4 aliphatic heterocycles. The van der Waals surface area contributed by atoms with Crippen molar-refractivity contribution in [1.29, 1.82) is 0 Å². The second-order valence-corrected chi connectivity index (χ2v) is 13.5. The molecule has 2 saturated heterocycles. The molecule has 0 unspecified atom stereocenters. The molecule has 6 rings (SSSR count). The van der Waals surface area contributed by atoms with E-state index in [9.17, 15) is 4.79 Å². The van der Waals surface area contributed by atoms with Crippen LogP contribution in [0.5, 0.6) is 11.5 Å². The number of nitrogens with one attached hydrogen (secondary N) is 1. The Balaban J connectivity index is 0.000000162. The third-order valence-electron chi connectivity index (χ3n) is 7.58. The largest absolute Gasteiger partial charge is 0.487 e.